The van der Waals surface area contributed by atoms with Crippen LogP contribution < -0.4 is 16.3 Å². The summed E-state index contributed by atoms with van der Waals surface area (Å²) in [7, 11) is 0. The van der Waals surface area contributed by atoms with Crippen molar-refractivity contribution >= 4 is 114 Å². The van der Waals surface area contributed by atoms with Gasteiger partial charge in [-0.3, -0.25) is 14.4 Å². The van der Waals surface area contributed by atoms with Crippen molar-refractivity contribution in [1.82, 2.24) is 13.2 Å². The molecule has 6 nitrogen and oxygen atoms in total. The van der Waals surface area contributed by atoms with E-state index in [2.05, 4.69) is 31.4 Å². The van der Waals surface area contributed by atoms with Gasteiger partial charge in [-0.05, 0) is 54.6 Å². The number of nitrogens with zero attached hydrogens (tertiary/aromatic N) is 3. The minimum absolute atomic E-state index is 0.000961. The van der Waals surface area contributed by atoms with Crippen LogP contribution in [-0.4, -0.2) is 13.2 Å². The summed E-state index contributed by atoms with van der Waals surface area (Å²) >= 11 is 0. The van der Waals surface area contributed by atoms with E-state index in [-0.39, 0.29) is 16.3 Å². The highest BCUT2D eigenvalue weighted by Gasteiger charge is 2.30. The second kappa shape index (κ2) is 8.38. The van der Waals surface area contributed by atoms with Crippen molar-refractivity contribution in [3.63, 3.8) is 0 Å². The monoisotopic (exact) mass is 651 g/mol. The second-order valence-corrected chi connectivity index (χ2v) is 13.8. The van der Waals surface area contributed by atoms with E-state index in [0.29, 0.717) is 32.3 Å². The second-order valence-electron chi connectivity index (χ2n) is 13.8. The molecule has 0 bridgehead atoms. The molecular weight excluding hydrogens is 631 g/mol. The first kappa shape index (κ1) is 25.9. The molecule has 0 atom stereocenters. The maximum atomic E-state index is 14.2. The molecule has 0 aliphatic carbocycles. The fourth-order valence-corrected chi connectivity index (χ4v) is 9.73. The lowest BCUT2D eigenvalue weighted by atomic mass is 10.0. The van der Waals surface area contributed by atoms with Crippen LogP contribution in [0.1, 0.15) is 0 Å². The largest absolute Gasteiger partial charge is 0.307 e. The summed E-state index contributed by atoms with van der Waals surface area (Å²) in [6, 6.07) is 41.7. The van der Waals surface area contributed by atoms with Crippen LogP contribution in [0.5, 0.6) is 0 Å². The molecule has 0 fully saturated rings. The third-order valence-electron chi connectivity index (χ3n) is 11.6. The molecule has 0 aliphatic rings. The van der Waals surface area contributed by atoms with Crippen molar-refractivity contribution in [3.05, 3.63) is 158 Å². The number of pyridine rings is 3. The van der Waals surface area contributed by atoms with E-state index in [1.165, 1.54) is 0 Å². The van der Waals surface area contributed by atoms with E-state index in [1.807, 2.05) is 109 Å². The minimum atomic E-state index is 0.000961. The number of benzene rings is 7. The molecule has 234 valence electrons. The molecule has 6 heteroatoms. The number of hydrogen-bond acceptors (Lipinski definition) is 3. The van der Waals surface area contributed by atoms with Crippen LogP contribution in [-0.2, 0) is 0 Å². The van der Waals surface area contributed by atoms with Crippen molar-refractivity contribution in [3.8, 4) is 0 Å². The Morgan fingerprint density at radius 3 is 0.824 bits per heavy atom. The molecule has 0 saturated heterocycles. The zero-order valence-electron chi connectivity index (χ0n) is 26.7. The maximum absolute atomic E-state index is 14.2. The van der Waals surface area contributed by atoms with Crippen molar-refractivity contribution < 1.29 is 0 Å². The first-order valence-corrected chi connectivity index (χ1v) is 17.1. The van der Waals surface area contributed by atoms with Gasteiger partial charge in [0.15, 0.2) is 16.3 Å². The topological polar surface area (TPSA) is 64.4 Å². The molecule has 13 rings (SSSR count). The van der Waals surface area contributed by atoms with Crippen LogP contribution in [0.15, 0.2) is 142 Å². The number of hydrogen-bond donors (Lipinski definition) is 0. The smallest absolute Gasteiger partial charge is 0.197 e. The average Bonchev–Trinajstić information content (AvgIpc) is 3.82. The Kier molecular flexibility index (Phi) is 4.26. The zero-order valence-corrected chi connectivity index (χ0v) is 26.7. The highest BCUT2D eigenvalue weighted by molar-refractivity contribution is 6.42. The van der Waals surface area contributed by atoms with Crippen LogP contribution in [0.2, 0.25) is 0 Å². The molecule has 0 N–H and O–H groups in total. The third-order valence-corrected chi connectivity index (χ3v) is 11.6. The van der Waals surface area contributed by atoms with Crippen molar-refractivity contribution in [1.29, 1.82) is 0 Å². The van der Waals surface area contributed by atoms with Gasteiger partial charge in [-0.25, -0.2) is 0 Å². The van der Waals surface area contributed by atoms with Crippen LogP contribution in [0.25, 0.3) is 114 Å². The zero-order chi connectivity index (χ0) is 33.4. The van der Waals surface area contributed by atoms with E-state index < -0.39 is 0 Å². The normalized spacial score (nSPS) is 12.9. The lowest BCUT2D eigenvalue weighted by molar-refractivity contribution is 1.33. The van der Waals surface area contributed by atoms with Crippen molar-refractivity contribution in [2.75, 3.05) is 0 Å². The average molecular weight is 652 g/mol. The van der Waals surface area contributed by atoms with Gasteiger partial charge in [0.2, 0.25) is 0 Å². The molecule has 6 aromatic heterocycles. The Balaban J connectivity index is 1.56. The van der Waals surface area contributed by atoms with Crippen LogP contribution in [0, 0.1) is 0 Å². The standard InChI is InChI=1S/C45H21N3O3/c49-43-22-10-1-4-19-31(22)46-37-25(13-7-16-28(37)43)34-40(46)35-26-14-8-17-29-38(26)47(32-20-5-2-11-23(32)44(29)50)42(35)36-27-15-9-18-30-39(27)48(41(34)36)33-21-6-3-12-24(33)45(30)51/h1-21H. The van der Waals surface area contributed by atoms with E-state index in [0.717, 1.165) is 82.0 Å². The van der Waals surface area contributed by atoms with Gasteiger partial charge in [0.1, 0.15) is 0 Å². The molecule has 6 heterocycles. The SMILES string of the molecule is O=c1c2ccccc2n2c3c1cccc3c1c2c2c3cccc4c(=O)c5ccccc5n(c43)c2c2c3cccc4c(=O)c5ccccc5n(c43)c12. The van der Waals surface area contributed by atoms with Gasteiger partial charge in [-0.2, -0.15) is 0 Å². The fraction of sp³-hybridized carbons (Fsp3) is 0. The number of aromatic nitrogens is 3. The molecule has 0 spiro atoms. The molecular formula is C45H21N3O3. The maximum Gasteiger partial charge on any atom is 0.197 e. The van der Waals surface area contributed by atoms with Crippen LogP contribution >= 0.6 is 0 Å². The Labute approximate surface area is 284 Å². The number of fused-ring (bicyclic) bond motifs is 18. The minimum Gasteiger partial charge on any atom is -0.307 e. The predicted molar refractivity (Wildman–Crippen MR) is 209 cm³/mol. The summed E-state index contributed by atoms with van der Waals surface area (Å²) in [5.74, 6) is 0. The van der Waals surface area contributed by atoms with Gasteiger partial charge in [0, 0.05) is 64.6 Å². The molecule has 13 aromatic rings. The third kappa shape index (κ3) is 2.68. The summed E-state index contributed by atoms with van der Waals surface area (Å²) in [5, 5.41) is 9.85. The molecule has 51 heavy (non-hydrogen) atoms. The Morgan fingerprint density at radius 1 is 0.255 bits per heavy atom. The Bertz CT molecular complexity index is 3500. The number of para-hydroxylation sites is 6. The van der Waals surface area contributed by atoms with Gasteiger partial charge in [0.05, 0.1) is 49.7 Å². The van der Waals surface area contributed by atoms with Gasteiger partial charge in [-0.15, -0.1) is 0 Å². The Morgan fingerprint density at radius 2 is 0.510 bits per heavy atom. The van der Waals surface area contributed by atoms with Crippen LogP contribution in [0.4, 0.5) is 0 Å². The summed E-state index contributed by atoms with van der Waals surface area (Å²) in [6.07, 6.45) is 0. The van der Waals surface area contributed by atoms with Crippen LogP contribution in [0.3, 0.4) is 0 Å². The highest BCUT2D eigenvalue weighted by atomic mass is 16.1. The summed E-state index contributed by atoms with van der Waals surface area (Å²) < 4.78 is 6.85. The summed E-state index contributed by atoms with van der Waals surface area (Å²) in [5.41, 5.74) is 8.02. The molecule has 0 amide bonds. The Hall–Kier alpha value is -7.05. The van der Waals surface area contributed by atoms with E-state index in [1.54, 1.807) is 0 Å². The molecule has 0 saturated carbocycles. The first-order valence-electron chi connectivity index (χ1n) is 17.1. The van der Waals surface area contributed by atoms with Crippen molar-refractivity contribution in [2.24, 2.45) is 0 Å². The van der Waals surface area contributed by atoms with Gasteiger partial charge >= 0.3 is 0 Å². The number of rotatable bonds is 0. The van der Waals surface area contributed by atoms with E-state index in [4.69, 9.17) is 0 Å². The van der Waals surface area contributed by atoms with E-state index in [9.17, 15) is 14.4 Å². The van der Waals surface area contributed by atoms with E-state index >= 15 is 0 Å². The van der Waals surface area contributed by atoms with Gasteiger partial charge < -0.3 is 13.2 Å². The van der Waals surface area contributed by atoms with Gasteiger partial charge in [-0.1, -0.05) is 72.8 Å². The van der Waals surface area contributed by atoms with Crippen molar-refractivity contribution in [2.45, 2.75) is 0 Å². The molecule has 0 aliphatic heterocycles. The predicted octanol–water partition coefficient (Wildman–Crippen LogP) is 9.22. The molecule has 0 radical (unpaired) electrons. The van der Waals surface area contributed by atoms with Gasteiger partial charge in [0.25, 0.3) is 0 Å². The highest BCUT2D eigenvalue weighted by Crippen LogP contribution is 2.50. The quantitative estimate of drug-likeness (QED) is 0.154. The fourth-order valence-electron chi connectivity index (χ4n) is 9.73. The first-order chi connectivity index (χ1) is 25.1. The molecule has 7 aromatic carbocycles. The lowest BCUT2D eigenvalue weighted by Gasteiger charge is -2.10. The lowest BCUT2D eigenvalue weighted by Crippen LogP contribution is -2.06. The molecule has 0 unspecified atom stereocenters. The summed E-state index contributed by atoms with van der Waals surface area (Å²) in [6.45, 7) is 0. The summed E-state index contributed by atoms with van der Waals surface area (Å²) in [4.78, 5) is 42.6.